The van der Waals surface area contributed by atoms with E-state index in [4.69, 9.17) is 0 Å². The van der Waals surface area contributed by atoms with E-state index in [0.29, 0.717) is 30.4 Å². The Morgan fingerprint density at radius 2 is 1.96 bits per heavy atom. The summed E-state index contributed by atoms with van der Waals surface area (Å²) in [6.07, 6.45) is 3.71. The number of hydrogen-bond donors (Lipinski definition) is 1. The third kappa shape index (κ3) is 3.67. The number of amides is 1. The van der Waals surface area contributed by atoms with Gasteiger partial charge in [0.15, 0.2) is 5.13 Å². The average molecular weight is 392 g/mol. The first kappa shape index (κ1) is 17.6. The SMILES string of the molecule is O=C(Nc1nc(C2CC2)cs1)[C@@H]1CCCN(S(=O)(=O)c2ccccc2)C1. The van der Waals surface area contributed by atoms with Gasteiger partial charge < -0.3 is 5.32 Å². The molecule has 2 fully saturated rings. The summed E-state index contributed by atoms with van der Waals surface area (Å²) >= 11 is 1.44. The number of thiazole rings is 1. The van der Waals surface area contributed by atoms with Crippen LogP contribution in [0.4, 0.5) is 5.13 Å². The van der Waals surface area contributed by atoms with Gasteiger partial charge in [-0.25, -0.2) is 13.4 Å². The minimum absolute atomic E-state index is 0.144. The molecule has 1 N–H and O–H groups in total. The molecule has 4 rings (SSSR count). The van der Waals surface area contributed by atoms with Crippen molar-refractivity contribution in [2.24, 2.45) is 5.92 Å². The highest BCUT2D eigenvalue weighted by Gasteiger charge is 2.33. The van der Waals surface area contributed by atoms with Crippen LogP contribution in [0.3, 0.4) is 0 Å². The first-order valence-corrected chi connectivity index (χ1v) is 11.2. The number of carbonyl (C=O) groups excluding carboxylic acids is 1. The number of carbonyl (C=O) groups is 1. The van der Waals surface area contributed by atoms with Gasteiger partial charge in [0.2, 0.25) is 15.9 Å². The molecule has 8 heteroatoms. The Kier molecular flexibility index (Phi) is 4.81. The molecule has 1 aromatic heterocycles. The van der Waals surface area contributed by atoms with Gasteiger partial charge in [0.1, 0.15) is 0 Å². The Bertz CT molecular complexity index is 891. The van der Waals surface area contributed by atoms with Crippen molar-refractivity contribution in [3.05, 3.63) is 41.4 Å². The van der Waals surface area contributed by atoms with Crippen molar-refractivity contribution >= 4 is 32.4 Å². The van der Waals surface area contributed by atoms with Crippen molar-refractivity contribution in [1.29, 1.82) is 0 Å². The van der Waals surface area contributed by atoms with Crippen molar-refractivity contribution in [3.63, 3.8) is 0 Å². The molecule has 2 aliphatic rings. The first-order chi connectivity index (χ1) is 12.5. The standard InChI is InChI=1S/C18H21N3O3S2/c22-17(20-18-19-16(12-25-18)13-8-9-13)14-5-4-10-21(11-14)26(23,24)15-6-2-1-3-7-15/h1-3,6-7,12-14H,4-5,8-11H2,(H,19,20,22)/t14-/m1/s1. The predicted octanol–water partition coefficient (Wildman–Crippen LogP) is 3.06. The van der Waals surface area contributed by atoms with Crippen molar-refractivity contribution in [2.45, 2.75) is 36.5 Å². The van der Waals surface area contributed by atoms with Gasteiger partial charge in [0, 0.05) is 24.4 Å². The lowest BCUT2D eigenvalue weighted by Gasteiger charge is -2.31. The number of rotatable bonds is 5. The third-order valence-electron chi connectivity index (χ3n) is 4.88. The second kappa shape index (κ2) is 7.09. The Morgan fingerprint density at radius 1 is 1.19 bits per heavy atom. The maximum atomic E-state index is 12.8. The molecule has 0 radical (unpaired) electrons. The predicted molar refractivity (Wildman–Crippen MR) is 101 cm³/mol. The van der Waals surface area contributed by atoms with Crippen molar-refractivity contribution < 1.29 is 13.2 Å². The molecule has 1 aliphatic carbocycles. The largest absolute Gasteiger partial charge is 0.302 e. The molecule has 1 amide bonds. The number of benzene rings is 1. The number of hydrogen-bond acceptors (Lipinski definition) is 5. The highest BCUT2D eigenvalue weighted by Crippen LogP contribution is 2.41. The molecule has 26 heavy (non-hydrogen) atoms. The molecular weight excluding hydrogens is 370 g/mol. The van der Waals surface area contributed by atoms with Gasteiger partial charge in [0.05, 0.1) is 16.5 Å². The monoisotopic (exact) mass is 391 g/mol. The lowest BCUT2D eigenvalue weighted by Crippen LogP contribution is -2.43. The quantitative estimate of drug-likeness (QED) is 0.850. The molecule has 1 aromatic carbocycles. The van der Waals surface area contributed by atoms with Crippen molar-refractivity contribution in [3.8, 4) is 0 Å². The normalized spacial score (nSPS) is 21.5. The van der Waals surface area contributed by atoms with Gasteiger partial charge in [-0.3, -0.25) is 4.79 Å². The number of sulfonamides is 1. The maximum Gasteiger partial charge on any atom is 0.243 e. The molecule has 0 bridgehead atoms. The molecule has 6 nitrogen and oxygen atoms in total. The van der Waals surface area contributed by atoms with E-state index in [1.54, 1.807) is 30.3 Å². The fourth-order valence-electron chi connectivity index (χ4n) is 3.23. The van der Waals surface area contributed by atoms with Gasteiger partial charge in [0.25, 0.3) is 0 Å². The molecule has 1 saturated heterocycles. The van der Waals surface area contributed by atoms with Gasteiger partial charge >= 0.3 is 0 Å². The Balaban J connectivity index is 1.43. The molecule has 2 heterocycles. The fraction of sp³-hybridized carbons (Fsp3) is 0.444. The zero-order valence-corrected chi connectivity index (χ0v) is 15.9. The van der Waals surface area contributed by atoms with Crippen LogP contribution in [0.1, 0.15) is 37.3 Å². The molecule has 1 aliphatic heterocycles. The summed E-state index contributed by atoms with van der Waals surface area (Å²) in [5.74, 6) is 0.0586. The van der Waals surface area contributed by atoms with Gasteiger partial charge in [-0.2, -0.15) is 4.31 Å². The van der Waals surface area contributed by atoms with Gasteiger partial charge in [-0.15, -0.1) is 11.3 Å². The number of piperidine rings is 1. The van der Waals surface area contributed by atoms with Crippen LogP contribution in [-0.2, 0) is 14.8 Å². The summed E-state index contributed by atoms with van der Waals surface area (Å²) in [6, 6.07) is 8.39. The molecule has 138 valence electrons. The lowest BCUT2D eigenvalue weighted by atomic mass is 9.99. The second-order valence-corrected chi connectivity index (χ2v) is 9.65. The first-order valence-electron chi connectivity index (χ1n) is 8.85. The summed E-state index contributed by atoms with van der Waals surface area (Å²) in [5, 5.41) is 5.48. The van der Waals surface area contributed by atoms with Gasteiger partial charge in [-0.1, -0.05) is 18.2 Å². The Morgan fingerprint density at radius 3 is 2.69 bits per heavy atom. The minimum atomic E-state index is -3.56. The maximum absolute atomic E-state index is 12.8. The van der Waals surface area contributed by atoms with Crippen LogP contribution in [0.25, 0.3) is 0 Å². The average Bonchev–Trinajstić information content (AvgIpc) is 3.42. The van der Waals surface area contributed by atoms with Gasteiger partial charge in [-0.05, 0) is 37.8 Å². The number of nitrogens with one attached hydrogen (secondary N) is 1. The number of nitrogens with zero attached hydrogens (tertiary/aromatic N) is 2. The van der Waals surface area contributed by atoms with E-state index in [2.05, 4.69) is 10.3 Å². The van der Waals surface area contributed by atoms with E-state index < -0.39 is 10.0 Å². The fourth-order valence-corrected chi connectivity index (χ4v) is 5.57. The summed E-state index contributed by atoms with van der Waals surface area (Å²) in [4.78, 5) is 17.4. The van der Waals surface area contributed by atoms with E-state index in [-0.39, 0.29) is 23.3 Å². The van der Waals surface area contributed by atoms with Crippen LogP contribution in [0.15, 0.2) is 40.6 Å². The summed E-state index contributed by atoms with van der Waals surface area (Å²) < 4.78 is 27.0. The van der Waals surface area contributed by atoms with E-state index in [0.717, 1.165) is 5.69 Å². The second-order valence-electron chi connectivity index (χ2n) is 6.86. The minimum Gasteiger partial charge on any atom is -0.302 e. The Labute approximate surface area is 157 Å². The van der Waals surface area contributed by atoms with Crippen molar-refractivity contribution in [1.82, 2.24) is 9.29 Å². The summed E-state index contributed by atoms with van der Waals surface area (Å²) in [5.41, 5.74) is 1.06. The zero-order valence-electron chi connectivity index (χ0n) is 14.3. The van der Waals surface area contributed by atoms with E-state index >= 15 is 0 Å². The summed E-state index contributed by atoms with van der Waals surface area (Å²) in [7, 11) is -3.56. The topological polar surface area (TPSA) is 79.4 Å². The van der Waals surface area contributed by atoms with Crippen LogP contribution in [-0.4, -0.2) is 36.7 Å². The summed E-state index contributed by atoms with van der Waals surface area (Å²) in [6.45, 7) is 0.661. The van der Waals surface area contributed by atoms with Crippen LogP contribution in [0, 0.1) is 5.92 Å². The highest BCUT2D eigenvalue weighted by atomic mass is 32.2. The van der Waals surface area contributed by atoms with Crippen LogP contribution < -0.4 is 5.32 Å². The molecule has 1 saturated carbocycles. The molecule has 1 atom stereocenters. The molecule has 0 unspecified atom stereocenters. The van der Waals surface area contributed by atoms with Crippen molar-refractivity contribution in [2.75, 3.05) is 18.4 Å². The smallest absolute Gasteiger partial charge is 0.243 e. The number of anilines is 1. The van der Waals surface area contributed by atoms with E-state index in [9.17, 15) is 13.2 Å². The third-order valence-corrected chi connectivity index (χ3v) is 7.54. The molecule has 0 spiro atoms. The van der Waals surface area contributed by atoms with E-state index in [1.165, 1.54) is 28.5 Å². The molecular formula is C18H21N3O3S2. The lowest BCUT2D eigenvalue weighted by molar-refractivity contribution is -0.120. The van der Waals surface area contributed by atoms with Crippen LogP contribution in [0.5, 0.6) is 0 Å². The van der Waals surface area contributed by atoms with Crippen LogP contribution in [0.2, 0.25) is 0 Å². The Hall–Kier alpha value is -1.77. The molecule has 2 aromatic rings. The van der Waals surface area contributed by atoms with E-state index in [1.807, 2.05) is 5.38 Å². The number of aromatic nitrogens is 1. The zero-order chi connectivity index (χ0) is 18.1. The van der Waals surface area contributed by atoms with Crippen LogP contribution >= 0.6 is 11.3 Å². The highest BCUT2D eigenvalue weighted by molar-refractivity contribution is 7.89.